The van der Waals surface area contributed by atoms with Crippen LogP contribution in [0, 0.1) is 0 Å². The van der Waals surface area contributed by atoms with E-state index in [1.807, 2.05) is 60.7 Å². The minimum Gasteiger partial charge on any atom is -0.495 e. The molecule has 0 saturated heterocycles. The third-order valence-corrected chi connectivity index (χ3v) is 5.29. The third-order valence-electron chi connectivity index (χ3n) is 4.82. The maximum absolute atomic E-state index is 10.7. The zero-order valence-electron chi connectivity index (χ0n) is 15.3. The van der Waals surface area contributed by atoms with Gasteiger partial charge in [0.15, 0.2) is 0 Å². The SMILES string of the molecule is COc1ccccc1NCC(O)Cn1c2ccc(Cl)cc2c2cc(Cl)ccc21. The number of halogens is 2. The van der Waals surface area contributed by atoms with Crippen molar-refractivity contribution in [2.24, 2.45) is 0 Å². The molecule has 0 spiro atoms. The summed E-state index contributed by atoms with van der Waals surface area (Å²) in [6.07, 6.45) is -0.602. The Bertz CT molecular complexity index is 1080. The van der Waals surface area contributed by atoms with Crippen molar-refractivity contribution in [2.45, 2.75) is 12.6 Å². The third kappa shape index (κ3) is 3.63. The van der Waals surface area contributed by atoms with Gasteiger partial charge in [0.2, 0.25) is 0 Å². The molecule has 4 rings (SSSR count). The zero-order valence-corrected chi connectivity index (χ0v) is 16.8. The van der Waals surface area contributed by atoms with Gasteiger partial charge >= 0.3 is 0 Å². The first-order valence-electron chi connectivity index (χ1n) is 8.99. The highest BCUT2D eigenvalue weighted by Crippen LogP contribution is 2.33. The van der Waals surface area contributed by atoms with Crippen LogP contribution in [0.2, 0.25) is 10.0 Å². The maximum Gasteiger partial charge on any atom is 0.141 e. The van der Waals surface area contributed by atoms with Gasteiger partial charge in [-0.2, -0.15) is 0 Å². The molecule has 0 amide bonds. The summed E-state index contributed by atoms with van der Waals surface area (Å²) < 4.78 is 7.45. The van der Waals surface area contributed by atoms with Crippen LogP contribution < -0.4 is 10.1 Å². The predicted molar refractivity (Wildman–Crippen MR) is 117 cm³/mol. The molecule has 28 heavy (non-hydrogen) atoms. The molecule has 144 valence electrons. The fourth-order valence-electron chi connectivity index (χ4n) is 3.54. The smallest absolute Gasteiger partial charge is 0.141 e. The number of para-hydroxylation sites is 2. The molecular formula is C22H20Cl2N2O2. The Labute approximate surface area is 173 Å². The molecule has 0 aliphatic carbocycles. The van der Waals surface area contributed by atoms with Gasteiger partial charge < -0.3 is 19.7 Å². The number of hydrogen-bond acceptors (Lipinski definition) is 3. The lowest BCUT2D eigenvalue weighted by Gasteiger charge is -2.17. The summed E-state index contributed by atoms with van der Waals surface area (Å²) in [5.41, 5.74) is 2.88. The molecule has 1 heterocycles. The van der Waals surface area contributed by atoms with Crippen LogP contribution >= 0.6 is 23.2 Å². The molecule has 2 N–H and O–H groups in total. The number of benzene rings is 3. The van der Waals surface area contributed by atoms with Gasteiger partial charge in [0, 0.05) is 38.4 Å². The van der Waals surface area contributed by atoms with E-state index in [-0.39, 0.29) is 0 Å². The van der Waals surface area contributed by atoms with E-state index >= 15 is 0 Å². The highest BCUT2D eigenvalue weighted by Gasteiger charge is 2.15. The molecule has 0 saturated carbocycles. The average Bonchev–Trinajstić information content (AvgIpc) is 2.98. The summed E-state index contributed by atoms with van der Waals surface area (Å²) in [6, 6.07) is 19.2. The lowest BCUT2D eigenvalue weighted by Crippen LogP contribution is -2.25. The number of nitrogens with zero attached hydrogens (tertiary/aromatic N) is 1. The second-order valence-corrected chi connectivity index (χ2v) is 7.54. The van der Waals surface area contributed by atoms with Crippen LogP contribution in [0.1, 0.15) is 0 Å². The molecule has 0 fully saturated rings. The van der Waals surface area contributed by atoms with Crippen molar-refractivity contribution in [3.63, 3.8) is 0 Å². The van der Waals surface area contributed by atoms with E-state index in [1.165, 1.54) is 0 Å². The van der Waals surface area contributed by atoms with Crippen LogP contribution in [-0.2, 0) is 6.54 Å². The Hall–Kier alpha value is -2.40. The number of nitrogens with one attached hydrogen (secondary N) is 1. The van der Waals surface area contributed by atoms with Crippen molar-refractivity contribution in [1.82, 2.24) is 4.57 Å². The minimum atomic E-state index is -0.602. The first-order valence-corrected chi connectivity index (χ1v) is 9.74. The number of hydrogen-bond donors (Lipinski definition) is 2. The van der Waals surface area contributed by atoms with Crippen LogP contribution in [0.4, 0.5) is 5.69 Å². The van der Waals surface area contributed by atoms with E-state index < -0.39 is 6.10 Å². The predicted octanol–water partition coefficient (Wildman–Crippen LogP) is 5.58. The normalized spacial score (nSPS) is 12.4. The number of aromatic nitrogens is 1. The van der Waals surface area contributed by atoms with E-state index in [1.54, 1.807) is 7.11 Å². The average molecular weight is 415 g/mol. The maximum atomic E-state index is 10.7. The molecule has 0 aliphatic heterocycles. The zero-order chi connectivity index (χ0) is 19.7. The second-order valence-electron chi connectivity index (χ2n) is 6.67. The quantitative estimate of drug-likeness (QED) is 0.432. The second kappa shape index (κ2) is 7.92. The lowest BCUT2D eigenvalue weighted by molar-refractivity contribution is 0.169. The van der Waals surface area contributed by atoms with Crippen molar-refractivity contribution < 1.29 is 9.84 Å². The summed E-state index contributed by atoms with van der Waals surface area (Å²) in [5, 5.41) is 17.3. The molecular weight excluding hydrogens is 395 g/mol. The number of ether oxygens (including phenoxy) is 1. The van der Waals surface area contributed by atoms with Crippen molar-refractivity contribution in [3.8, 4) is 5.75 Å². The van der Waals surface area contributed by atoms with E-state index in [9.17, 15) is 5.11 Å². The molecule has 6 heteroatoms. The van der Waals surface area contributed by atoms with Crippen molar-refractivity contribution in [1.29, 1.82) is 0 Å². The fraction of sp³-hybridized carbons (Fsp3) is 0.182. The lowest BCUT2D eigenvalue weighted by atomic mass is 10.1. The number of aliphatic hydroxyl groups is 1. The summed E-state index contributed by atoms with van der Waals surface area (Å²) in [5.74, 6) is 0.746. The Morgan fingerprint density at radius 2 is 1.57 bits per heavy atom. The van der Waals surface area contributed by atoms with Crippen molar-refractivity contribution in [2.75, 3.05) is 19.0 Å². The molecule has 1 aromatic heterocycles. The number of fused-ring (bicyclic) bond motifs is 3. The van der Waals surface area contributed by atoms with Gasteiger partial charge in [-0.25, -0.2) is 0 Å². The molecule has 3 aromatic carbocycles. The van der Waals surface area contributed by atoms with Crippen LogP contribution in [0.3, 0.4) is 0 Å². The number of methoxy groups -OCH3 is 1. The van der Waals surface area contributed by atoms with Gasteiger partial charge in [-0.05, 0) is 48.5 Å². The first kappa shape index (κ1) is 18.9. The van der Waals surface area contributed by atoms with Gasteiger partial charge in [-0.3, -0.25) is 0 Å². The summed E-state index contributed by atoms with van der Waals surface area (Å²) in [4.78, 5) is 0. The van der Waals surface area contributed by atoms with Gasteiger partial charge in [0.1, 0.15) is 5.75 Å². The Kier molecular flexibility index (Phi) is 5.36. The van der Waals surface area contributed by atoms with E-state index in [2.05, 4.69) is 9.88 Å². The number of anilines is 1. The van der Waals surface area contributed by atoms with Crippen LogP contribution in [0.25, 0.3) is 21.8 Å². The van der Waals surface area contributed by atoms with E-state index in [0.717, 1.165) is 33.2 Å². The standard InChI is InChI=1S/C22H20Cl2N2O2/c1-28-22-5-3-2-4-19(22)25-12-16(27)13-26-20-8-6-14(23)10-17(20)18-11-15(24)7-9-21(18)26/h2-11,16,25,27H,12-13H2,1H3. The highest BCUT2D eigenvalue weighted by atomic mass is 35.5. The number of rotatable bonds is 6. The monoisotopic (exact) mass is 414 g/mol. The molecule has 0 bridgehead atoms. The van der Waals surface area contributed by atoms with Gasteiger partial charge in [-0.1, -0.05) is 35.3 Å². The summed E-state index contributed by atoms with van der Waals surface area (Å²) in [6.45, 7) is 0.828. The molecule has 4 aromatic rings. The fourth-order valence-corrected chi connectivity index (χ4v) is 3.88. The number of aliphatic hydroxyl groups excluding tert-OH is 1. The molecule has 1 atom stereocenters. The van der Waals surface area contributed by atoms with Crippen LogP contribution in [0.15, 0.2) is 60.7 Å². The Morgan fingerprint density at radius 3 is 2.18 bits per heavy atom. The minimum absolute atomic E-state index is 0.392. The van der Waals surface area contributed by atoms with Crippen LogP contribution in [0.5, 0.6) is 5.75 Å². The molecule has 0 radical (unpaired) electrons. The molecule has 0 aliphatic rings. The topological polar surface area (TPSA) is 46.4 Å². The van der Waals surface area contributed by atoms with Gasteiger partial charge in [0.25, 0.3) is 0 Å². The van der Waals surface area contributed by atoms with Gasteiger partial charge in [0.05, 0.1) is 25.4 Å². The summed E-state index contributed by atoms with van der Waals surface area (Å²) in [7, 11) is 1.63. The van der Waals surface area contributed by atoms with Crippen molar-refractivity contribution in [3.05, 3.63) is 70.7 Å². The molecule has 4 nitrogen and oxygen atoms in total. The Balaban J connectivity index is 1.63. The van der Waals surface area contributed by atoms with E-state index in [4.69, 9.17) is 27.9 Å². The van der Waals surface area contributed by atoms with Gasteiger partial charge in [-0.15, -0.1) is 0 Å². The van der Waals surface area contributed by atoms with Crippen LogP contribution in [-0.4, -0.2) is 29.4 Å². The van der Waals surface area contributed by atoms with E-state index in [0.29, 0.717) is 23.1 Å². The highest BCUT2D eigenvalue weighted by molar-refractivity contribution is 6.33. The first-order chi connectivity index (χ1) is 13.6. The largest absolute Gasteiger partial charge is 0.495 e. The Morgan fingerprint density at radius 1 is 0.964 bits per heavy atom. The van der Waals surface area contributed by atoms with Crippen molar-refractivity contribution >= 4 is 50.7 Å². The molecule has 1 unspecified atom stereocenters. The summed E-state index contributed by atoms with van der Waals surface area (Å²) >= 11 is 12.4.